The normalized spacial score (nSPS) is 21.3. The van der Waals surface area contributed by atoms with Gasteiger partial charge >= 0.3 is 0 Å². The quantitative estimate of drug-likeness (QED) is 0.378. The van der Waals surface area contributed by atoms with Crippen molar-refractivity contribution in [1.29, 1.82) is 0 Å². The number of amides is 1. The van der Waals surface area contributed by atoms with Crippen LogP contribution in [0.5, 0.6) is 5.75 Å². The summed E-state index contributed by atoms with van der Waals surface area (Å²) < 4.78 is 24.6. The number of rotatable bonds is 7. The number of hydrogen-bond acceptors (Lipinski definition) is 7. The predicted molar refractivity (Wildman–Crippen MR) is 128 cm³/mol. The fraction of sp³-hybridized carbons (Fsp3) is 0.292. The number of methoxy groups -OCH3 is 1. The standard InChI is InChI=1S/C24H23ClFN5O3/c1-33-21-12-18-15(23(28-13-27-18)29-14-6-7-17(26)16(25)10-14)11-19(21)30-22(32)5-2-8-31-20-4-3-9-34-24(20)31/h2,5-7,10-13,20,24H,3-4,8-9H2,1H3,(H,30,32)(H,27,28,29)/b5-2+. The summed E-state index contributed by atoms with van der Waals surface area (Å²) in [7, 11) is 1.52. The highest BCUT2D eigenvalue weighted by molar-refractivity contribution is 6.31. The molecule has 0 spiro atoms. The molecule has 2 aliphatic heterocycles. The number of carbonyl (C=O) groups is 1. The molecule has 1 aromatic heterocycles. The van der Waals surface area contributed by atoms with Crippen LogP contribution in [0.3, 0.4) is 0 Å². The first-order valence-corrected chi connectivity index (χ1v) is 11.3. The lowest BCUT2D eigenvalue weighted by Crippen LogP contribution is -2.11. The van der Waals surface area contributed by atoms with E-state index < -0.39 is 5.82 Å². The van der Waals surface area contributed by atoms with Crippen LogP contribution in [0.15, 0.2) is 48.8 Å². The third-order valence-electron chi connectivity index (χ3n) is 5.91. The maximum Gasteiger partial charge on any atom is 0.248 e. The van der Waals surface area contributed by atoms with Gasteiger partial charge in [0.15, 0.2) is 0 Å². The molecular weight excluding hydrogens is 461 g/mol. The van der Waals surface area contributed by atoms with Gasteiger partial charge in [-0.15, -0.1) is 0 Å². The van der Waals surface area contributed by atoms with Crippen LogP contribution < -0.4 is 15.4 Å². The fourth-order valence-electron chi connectivity index (χ4n) is 4.17. The van der Waals surface area contributed by atoms with Gasteiger partial charge in [0.05, 0.1) is 29.4 Å². The Kier molecular flexibility index (Phi) is 6.32. The highest BCUT2D eigenvalue weighted by Crippen LogP contribution is 2.36. The minimum absolute atomic E-state index is 0.00175. The van der Waals surface area contributed by atoms with Gasteiger partial charge in [-0.3, -0.25) is 9.69 Å². The van der Waals surface area contributed by atoms with E-state index in [1.54, 1.807) is 18.2 Å². The second kappa shape index (κ2) is 9.54. The van der Waals surface area contributed by atoms with Crippen molar-refractivity contribution < 1.29 is 18.7 Å². The molecule has 3 aromatic rings. The summed E-state index contributed by atoms with van der Waals surface area (Å²) >= 11 is 5.89. The number of hydrogen-bond donors (Lipinski definition) is 2. The lowest BCUT2D eigenvalue weighted by atomic mass is 10.1. The summed E-state index contributed by atoms with van der Waals surface area (Å²) in [6, 6.07) is 8.23. The van der Waals surface area contributed by atoms with Crippen LogP contribution in [0, 0.1) is 5.82 Å². The number of ether oxygens (including phenoxy) is 2. The summed E-state index contributed by atoms with van der Waals surface area (Å²) in [6.07, 6.45) is 7.17. The first-order valence-electron chi connectivity index (χ1n) is 10.9. The number of fused-ring (bicyclic) bond motifs is 2. The number of carbonyl (C=O) groups excluding carboxylic acids is 1. The Morgan fingerprint density at radius 3 is 3.00 bits per heavy atom. The van der Waals surface area contributed by atoms with Crippen LogP contribution in [-0.2, 0) is 9.53 Å². The van der Waals surface area contributed by atoms with Crippen LogP contribution in [0.2, 0.25) is 5.02 Å². The number of halogens is 2. The van der Waals surface area contributed by atoms with Gasteiger partial charge in [0.25, 0.3) is 0 Å². The Morgan fingerprint density at radius 1 is 1.35 bits per heavy atom. The van der Waals surface area contributed by atoms with Crippen LogP contribution >= 0.6 is 11.6 Å². The summed E-state index contributed by atoms with van der Waals surface area (Å²) in [6.45, 7) is 1.47. The van der Waals surface area contributed by atoms with Crippen LogP contribution in [-0.4, -0.2) is 53.3 Å². The Hall–Kier alpha value is -3.27. The van der Waals surface area contributed by atoms with Crippen molar-refractivity contribution in [2.45, 2.75) is 25.1 Å². The average molecular weight is 484 g/mol. The smallest absolute Gasteiger partial charge is 0.248 e. The lowest BCUT2D eigenvalue weighted by molar-refractivity contribution is -0.111. The SMILES string of the molecule is COc1cc2ncnc(Nc3ccc(F)c(Cl)c3)c2cc1NC(=O)/C=C/CN1C2CCCOC21. The van der Waals surface area contributed by atoms with E-state index in [1.807, 2.05) is 6.08 Å². The first kappa shape index (κ1) is 22.5. The van der Waals surface area contributed by atoms with E-state index in [4.69, 9.17) is 21.1 Å². The maximum atomic E-state index is 13.5. The van der Waals surface area contributed by atoms with Gasteiger partial charge in [0.2, 0.25) is 5.91 Å². The van der Waals surface area contributed by atoms with Gasteiger partial charge in [-0.05, 0) is 37.1 Å². The van der Waals surface area contributed by atoms with E-state index >= 15 is 0 Å². The van der Waals surface area contributed by atoms with Crippen LogP contribution in [0.1, 0.15) is 12.8 Å². The Bertz CT molecular complexity index is 1260. The fourth-order valence-corrected chi connectivity index (χ4v) is 4.35. The summed E-state index contributed by atoms with van der Waals surface area (Å²) in [4.78, 5) is 23.4. The van der Waals surface area contributed by atoms with E-state index in [-0.39, 0.29) is 17.2 Å². The molecule has 0 radical (unpaired) electrons. The molecule has 0 bridgehead atoms. The van der Waals surface area contributed by atoms with Gasteiger partial charge < -0.3 is 20.1 Å². The van der Waals surface area contributed by atoms with Gasteiger partial charge in [-0.1, -0.05) is 17.7 Å². The molecule has 2 aromatic carbocycles. The zero-order chi connectivity index (χ0) is 23.7. The van der Waals surface area contributed by atoms with E-state index in [0.717, 1.165) is 19.4 Å². The van der Waals surface area contributed by atoms with E-state index in [9.17, 15) is 9.18 Å². The molecule has 3 atom stereocenters. The molecule has 2 N–H and O–H groups in total. The Morgan fingerprint density at radius 2 is 2.24 bits per heavy atom. The number of aromatic nitrogens is 2. The van der Waals surface area contributed by atoms with Gasteiger partial charge in [-0.2, -0.15) is 0 Å². The molecule has 2 fully saturated rings. The molecule has 0 aliphatic carbocycles. The summed E-state index contributed by atoms with van der Waals surface area (Å²) in [5.74, 6) is 0.159. The maximum absolute atomic E-state index is 13.5. The van der Waals surface area contributed by atoms with Gasteiger partial charge in [0, 0.05) is 36.4 Å². The lowest BCUT2D eigenvalue weighted by Gasteiger charge is -2.13. The second-order valence-corrected chi connectivity index (χ2v) is 8.51. The minimum atomic E-state index is -0.507. The molecule has 2 aliphatic rings. The third-order valence-corrected chi connectivity index (χ3v) is 6.20. The second-order valence-electron chi connectivity index (χ2n) is 8.11. The number of nitrogens with zero attached hydrogens (tertiary/aromatic N) is 3. The monoisotopic (exact) mass is 483 g/mol. The van der Waals surface area contributed by atoms with Crippen LogP contribution in [0.25, 0.3) is 10.9 Å². The molecule has 0 saturated carbocycles. The van der Waals surface area contributed by atoms with Crippen molar-refractivity contribution >= 4 is 45.6 Å². The molecule has 176 valence electrons. The van der Waals surface area contributed by atoms with Crippen molar-refractivity contribution in [3.63, 3.8) is 0 Å². The zero-order valence-electron chi connectivity index (χ0n) is 18.4. The number of nitrogens with one attached hydrogen (secondary N) is 2. The first-order chi connectivity index (χ1) is 16.5. The molecule has 8 nitrogen and oxygen atoms in total. The largest absolute Gasteiger partial charge is 0.494 e. The molecule has 1 amide bonds. The zero-order valence-corrected chi connectivity index (χ0v) is 19.2. The topological polar surface area (TPSA) is 88.4 Å². The molecule has 10 heteroatoms. The van der Waals surface area contributed by atoms with Crippen molar-refractivity contribution in [3.8, 4) is 5.75 Å². The number of anilines is 3. The summed E-state index contributed by atoms with van der Waals surface area (Å²) in [5, 5.41) is 6.63. The Balaban J connectivity index is 1.33. The molecular formula is C24H23ClFN5O3. The van der Waals surface area contributed by atoms with Crippen molar-refractivity contribution in [2.24, 2.45) is 0 Å². The third kappa shape index (κ3) is 4.68. The molecule has 34 heavy (non-hydrogen) atoms. The molecule has 2 saturated heterocycles. The highest BCUT2D eigenvalue weighted by atomic mass is 35.5. The van der Waals surface area contributed by atoms with Crippen molar-refractivity contribution in [2.75, 3.05) is 30.9 Å². The minimum Gasteiger partial charge on any atom is -0.494 e. The molecule has 3 heterocycles. The summed E-state index contributed by atoms with van der Waals surface area (Å²) in [5.41, 5.74) is 1.65. The predicted octanol–water partition coefficient (Wildman–Crippen LogP) is 4.49. The molecule has 5 rings (SSSR count). The van der Waals surface area contributed by atoms with Crippen molar-refractivity contribution in [1.82, 2.24) is 14.9 Å². The number of benzene rings is 2. The van der Waals surface area contributed by atoms with E-state index in [2.05, 4.69) is 25.5 Å². The van der Waals surface area contributed by atoms with E-state index in [1.165, 1.54) is 31.6 Å². The van der Waals surface area contributed by atoms with Gasteiger partial charge in [0.1, 0.15) is 29.9 Å². The van der Waals surface area contributed by atoms with Gasteiger partial charge in [-0.25, -0.2) is 14.4 Å². The highest BCUT2D eigenvalue weighted by Gasteiger charge is 2.49. The van der Waals surface area contributed by atoms with Crippen LogP contribution in [0.4, 0.5) is 21.6 Å². The average Bonchev–Trinajstić information content (AvgIpc) is 3.54. The molecule has 3 unspecified atom stereocenters. The van der Waals surface area contributed by atoms with E-state index in [0.29, 0.717) is 46.4 Å². The Labute approximate surface area is 200 Å². The van der Waals surface area contributed by atoms with Crippen molar-refractivity contribution in [3.05, 3.63) is 59.7 Å².